The fourth-order valence-corrected chi connectivity index (χ4v) is 2.51. The van der Waals surface area contributed by atoms with Crippen LogP contribution in [0.25, 0.3) is 0 Å². The minimum absolute atomic E-state index is 0.513. The van der Waals surface area contributed by atoms with E-state index in [1.165, 1.54) is 11.3 Å². The Bertz CT molecular complexity index is 554. The Morgan fingerprint density at radius 1 is 1.17 bits per heavy atom. The number of nitrogens with zero attached hydrogens (tertiary/aromatic N) is 1. The van der Waals surface area contributed by atoms with E-state index in [0.29, 0.717) is 5.88 Å². The predicted molar refractivity (Wildman–Crippen MR) is 82.9 cm³/mol. The lowest BCUT2D eigenvalue weighted by Crippen LogP contribution is -2.11. The number of alkyl halides is 1. The molecule has 0 unspecified atom stereocenters. The Balaban J connectivity index is 2.44. The van der Waals surface area contributed by atoms with Crippen LogP contribution in [0.4, 0.5) is 11.4 Å². The van der Waals surface area contributed by atoms with Gasteiger partial charge in [0.15, 0.2) is 0 Å². The molecule has 94 valence electrons. The molecule has 0 aliphatic carbocycles. The zero-order valence-corrected chi connectivity index (χ0v) is 12.8. The van der Waals surface area contributed by atoms with Crippen molar-refractivity contribution in [3.05, 3.63) is 58.1 Å². The molecule has 0 aliphatic rings. The van der Waals surface area contributed by atoms with Gasteiger partial charge in [-0.2, -0.15) is 0 Å². The molecule has 2 aromatic rings. The van der Waals surface area contributed by atoms with Crippen molar-refractivity contribution in [2.45, 2.75) is 12.8 Å². The number of benzene rings is 2. The second-order valence-electron chi connectivity index (χ2n) is 4.30. The molecule has 0 aromatic heterocycles. The van der Waals surface area contributed by atoms with E-state index >= 15 is 0 Å². The summed E-state index contributed by atoms with van der Waals surface area (Å²) in [5, 5.41) is 0. The van der Waals surface area contributed by atoms with Crippen molar-refractivity contribution < 1.29 is 0 Å². The third-order valence-corrected chi connectivity index (χ3v) is 3.72. The molecule has 0 fully saturated rings. The zero-order chi connectivity index (χ0) is 13.1. The van der Waals surface area contributed by atoms with Crippen LogP contribution in [-0.2, 0) is 5.88 Å². The topological polar surface area (TPSA) is 3.24 Å². The maximum Gasteiger partial charge on any atom is 0.0494 e. The Kier molecular flexibility index (Phi) is 4.31. The number of hydrogen-bond acceptors (Lipinski definition) is 1. The first-order valence-corrected chi connectivity index (χ1v) is 7.09. The lowest BCUT2D eigenvalue weighted by Gasteiger charge is -2.22. The second kappa shape index (κ2) is 5.77. The van der Waals surface area contributed by atoms with E-state index in [0.717, 1.165) is 15.7 Å². The molecule has 0 heterocycles. The highest BCUT2D eigenvalue weighted by Crippen LogP contribution is 2.31. The standard InChI is InChI=1S/C15H15BrClN/c1-11-4-3-5-14(8-11)18(2)15-9-13(16)7-6-12(15)10-17/h3-9H,10H2,1-2H3. The van der Waals surface area contributed by atoms with Gasteiger partial charge < -0.3 is 4.90 Å². The van der Waals surface area contributed by atoms with Gasteiger partial charge in [0.25, 0.3) is 0 Å². The average Bonchev–Trinajstić information content (AvgIpc) is 2.38. The van der Waals surface area contributed by atoms with Crippen molar-refractivity contribution in [2.75, 3.05) is 11.9 Å². The lowest BCUT2D eigenvalue weighted by atomic mass is 10.1. The van der Waals surface area contributed by atoms with Crippen LogP contribution < -0.4 is 4.90 Å². The van der Waals surface area contributed by atoms with Crippen LogP contribution in [0, 0.1) is 6.92 Å². The molecule has 0 bridgehead atoms. The quantitative estimate of drug-likeness (QED) is 0.696. The highest BCUT2D eigenvalue weighted by atomic mass is 79.9. The summed E-state index contributed by atoms with van der Waals surface area (Å²) in [4.78, 5) is 2.16. The van der Waals surface area contributed by atoms with Gasteiger partial charge in [-0.15, -0.1) is 11.6 Å². The molecule has 0 spiro atoms. The monoisotopic (exact) mass is 323 g/mol. The van der Waals surface area contributed by atoms with Gasteiger partial charge in [-0.3, -0.25) is 0 Å². The summed E-state index contributed by atoms with van der Waals surface area (Å²) in [7, 11) is 2.06. The maximum absolute atomic E-state index is 6.01. The number of halogens is 2. The lowest BCUT2D eigenvalue weighted by molar-refractivity contribution is 1.17. The Hall–Kier alpha value is -0.990. The summed E-state index contributed by atoms with van der Waals surface area (Å²) in [6, 6.07) is 14.6. The summed E-state index contributed by atoms with van der Waals surface area (Å²) in [6.45, 7) is 2.10. The minimum atomic E-state index is 0.513. The molecule has 0 saturated carbocycles. The molecular weight excluding hydrogens is 310 g/mol. The molecule has 2 rings (SSSR count). The van der Waals surface area contributed by atoms with E-state index in [1.807, 2.05) is 6.07 Å². The van der Waals surface area contributed by atoms with Gasteiger partial charge in [0.2, 0.25) is 0 Å². The van der Waals surface area contributed by atoms with Gasteiger partial charge in [-0.05, 0) is 42.3 Å². The molecule has 0 N–H and O–H groups in total. The van der Waals surface area contributed by atoms with Crippen molar-refractivity contribution in [3.8, 4) is 0 Å². The minimum Gasteiger partial charge on any atom is -0.344 e. The Morgan fingerprint density at radius 3 is 2.61 bits per heavy atom. The van der Waals surface area contributed by atoms with Crippen molar-refractivity contribution >= 4 is 38.9 Å². The van der Waals surface area contributed by atoms with Gasteiger partial charge in [0.05, 0.1) is 0 Å². The summed E-state index contributed by atoms with van der Waals surface area (Å²) < 4.78 is 1.06. The first kappa shape index (κ1) is 13.4. The molecule has 18 heavy (non-hydrogen) atoms. The third-order valence-electron chi connectivity index (χ3n) is 2.94. The largest absolute Gasteiger partial charge is 0.344 e. The van der Waals surface area contributed by atoms with Crippen molar-refractivity contribution in [3.63, 3.8) is 0 Å². The number of hydrogen-bond donors (Lipinski definition) is 0. The smallest absolute Gasteiger partial charge is 0.0494 e. The molecule has 2 aromatic carbocycles. The zero-order valence-electron chi connectivity index (χ0n) is 10.5. The van der Waals surface area contributed by atoms with Crippen molar-refractivity contribution in [1.29, 1.82) is 0 Å². The van der Waals surface area contributed by atoms with Gasteiger partial charge >= 0.3 is 0 Å². The molecular formula is C15H15BrClN. The van der Waals surface area contributed by atoms with Crippen LogP contribution in [-0.4, -0.2) is 7.05 Å². The Morgan fingerprint density at radius 2 is 1.94 bits per heavy atom. The summed E-state index contributed by atoms with van der Waals surface area (Å²) in [6.07, 6.45) is 0. The molecule has 0 amide bonds. The van der Waals surface area contributed by atoms with Gasteiger partial charge in [0, 0.05) is 28.8 Å². The fourth-order valence-electron chi connectivity index (χ4n) is 1.94. The van der Waals surface area contributed by atoms with Crippen LogP contribution in [0.2, 0.25) is 0 Å². The molecule has 0 aliphatic heterocycles. The molecule has 0 saturated heterocycles. The Labute approximate surface area is 122 Å². The average molecular weight is 325 g/mol. The van der Waals surface area contributed by atoms with Crippen LogP contribution in [0.15, 0.2) is 46.9 Å². The summed E-state index contributed by atoms with van der Waals surface area (Å²) >= 11 is 9.52. The van der Waals surface area contributed by atoms with Gasteiger partial charge in [0.1, 0.15) is 0 Å². The van der Waals surface area contributed by atoms with Crippen molar-refractivity contribution in [2.24, 2.45) is 0 Å². The van der Waals surface area contributed by atoms with Gasteiger partial charge in [-0.25, -0.2) is 0 Å². The highest BCUT2D eigenvalue weighted by molar-refractivity contribution is 9.10. The van der Waals surface area contributed by atoms with E-state index in [9.17, 15) is 0 Å². The van der Waals surface area contributed by atoms with Crippen LogP contribution in [0.1, 0.15) is 11.1 Å². The van der Waals surface area contributed by atoms with Crippen LogP contribution in [0.5, 0.6) is 0 Å². The number of anilines is 2. The molecule has 0 radical (unpaired) electrons. The fraction of sp³-hybridized carbons (Fsp3) is 0.200. The number of rotatable bonds is 3. The SMILES string of the molecule is Cc1cccc(N(C)c2cc(Br)ccc2CCl)c1. The maximum atomic E-state index is 6.01. The second-order valence-corrected chi connectivity index (χ2v) is 5.49. The highest BCUT2D eigenvalue weighted by Gasteiger charge is 2.09. The normalized spacial score (nSPS) is 10.4. The van der Waals surface area contributed by atoms with E-state index in [4.69, 9.17) is 11.6 Å². The summed E-state index contributed by atoms with van der Waals surface area (Å²) in [5.74, 6) is 0.513. The molecule has 0 atom stereocenters. The molecule has 1 nitrogen and oxygen atoms in total. The first-order valence-electron chi connectivity index (χ1n) is 5.76. The third kappa shape index (κ3) is 2.88. The van der Waals surface area contributed by atoms with Gasteiger partial charge in [-0.1, -0.05) is 34.1 Å². The first-order chi connectivity index (χ1) is 8.61. The van der Waals surface area contributed by atoms with E-state index in [-0.39, 0.29) is 0 Å². The van der Waals surface area contributed by atoms with E-state index in [2.05, 4.69) is 71.2 Å². The van der Waals surface area contributed by atoms with Crippen LogP contribution in [0.3, 0.4) is 0 Å². The van der Waals surface area contributed by atoms with E-state index < -0.39 is 0 Å². The predicted octanol–water partition coefficient (Wildman–Crippen LogP) is 5.26. The number of aryl methyl sites for hydroxylation is 1. The molecule has 3 heteroatoms. The van der Waals surface area contributed by atoms with Crippen LogP contribution >= 0.6 is 27.5 Å². The summed E-state index contributed by atoms with van der Waals surface area (Å²) in [5.41, 5.74) is 4.68. The van der Waals surface area contributed by atoms with E-state index in [1.54, 1.807) is 0 Å². The van der Waals surface area contributed by atoms with Crippen molar-refractivity contribution in [1.82, 2.24) is 0 Å².